The second-order valence-corrected chi connectivity index (χ2v) is 9.48. The third-order valence-electron chi connectivity index (χ3n) is 7.13. The van der Waals surface area contributed by atoms with E-state index in [0.717, 1.165) is 11.0 Å². The molecule has 0 saturated carbocycles. The van der Waals surface area contributed by atoms with E-state index in [2.05, 4.69) is 10.6 Å². The molecule has 0 bridgehead atoms. The average molecular weight is 510 g/mol. The van der Waals surface area contributed by atoms with Gasteiger partial charge >= 0.3 is 0 Å². The van der Waals surface area contributed by atoms with E-state index in [1.165, 1.54) is 24.3 Å². The molecule has 192 valence electrons. The Hall–Kier alpha value is -4.15. The number of anilines is 1. The summed E-state index contributed by atoms with van der Waals surface area (Å²) in [6, 6.07) is 9.19. The van der Waals surface area contributed by atoms with Crippen LogP contribution in [0.3, 0.4) is 0 Å². The third kappa shape index (κ3) is 4.56. The summed E-state index contributed by atoms with van der Waals surface area (Å²) in [5, 5.41) is 4.64. The first kappa shape index (κ1) is 24.5. The van der Waals surface area contributed by atoms with Crippen LogP contribution in [0.5, 0.6) is 0 Å². The number of carbonyl (C=O) groups excluding carboxylic acids is 5. The molecule has 1 atom stereocenters. The van der Waals surface area contributed by atoms with Crippen molar-refractivity contribution in [1.29, 1.82) is 0 Å². The van der Waals surface area contributed by atoms with Crippen molar-refractivity contribution in [2.24, 2.45) is 0 Å². The number of alkyl halides is 1. The fraction of sp³-hybridized carbons (Fsp3) is 0.346. The standard InChI is InChI=1S/C26H24F2N4O5/c27-19-4-2-1-3-17(19)22(34)29-14-26(28)9-11-31(12-10-26)15-5-6-16-18(13-15)25(37)32(24(16)36)20-7-8-21(33)30-23(20)35/h1-6,13,20H,7-12,14H2,(H,29,34)(H,30,33,35). The van der Waals surface area contributed by atoms with Crippen molar-refractivity contribution in [3.05, 3.63) is 65.0 Å². The zero-order chi connectivity index (χ0) is 26.3. The summed E-state index contributed by atoms with van der Waals surface area (Å²) >= 11 is 0. The monoisotopic (exact) mass is 510 g/mol. The third-order valence-corrected chi connectivity index (χ3v) is 7.13. The predicted octanol–water partition coefficient (Wildman–Crippen LogP) is 1.97. The van der Waals surface area contributed by atoms with Crippen LogP contribution in [0.1, 0.15) is 56.8 Å². The molecular formula is C26H24F2N4O5. The van der Waals surface area contributed by atoms with E-state index in [1.54, 1.807) is 12.1 Å². The first-order valence-corrected chi connectivity index (χ1v) is 12.0. The Morgan fingerprint density at radius 2 is 1.73 bits per heavy atom. The lowest BCUT2D eigenvalue weighted by Gasteiger charge is -2.37. The Kier molecular flexibility index (Phi) is 6.22. The largest absolute Gasteiger partial charge is 0.371 e. The molecular weight excluding hydrogens is 486 g/mol. The minimum Gasteiger partial charge on any atom is -0.371 e. The number of benzene rings is 2. The van der Waals surface area contributed by atoms with Gasteiger partial charge in [0.1, 0.15) is 17.5 Å². The van der Waals surface area contributed by atoms with Gasteiger partial charge in [0.15, 0.2) is 0 Å². The highest BCUT2D eigenvalue weighted by molar-refractivity contribution is 6.23. The van der Waals surface area contributed by atoms with Crippen molar-refractivity contribution in [2.45, 2.75) is 37.4 Å². The molecule has 3 heterocycles. The van der Waals surface area contributed by atoms with Gasteiger partial charge in [0.25, 0.3) is 17.7 Å². The SMILES string of the molecule is O=C1CCC(N2C(=O)c3ccc(N4CCC(F)(CNC(=O)c5ccccc5F)CC4)cc3C2=O)C(=O)N1. The Morgan fingerprint density at radius 3 is 2.43 bits per heavy atom. The van der Waals surface area contributed by atoms with Gasteiger partial charge in [-0.2, -0.15) is 0 Å². The number of nitrogens with one attached hydrogen (secondary N) is 2. The number of halogens is 2. The highest BCUT2D eigenvalue weighted by Gasteiger charge is 2.45. The Balaban J connectivity index is 1.23. The van der Waals surface area contributed by atoms with E-state index in [-0.39, 0.29) is 48.9 Å². The lowest BCUT2D eigenvalue weighted by molar-refractivity contribution is -0.136. The van der Waals surface area contributed by atoms with Crippen LogP contribution in [0.25, 0.3) is 0 Å². The zero-order valence-electron chi connectivity index (χ0n) is 19.8. The van der Waals surface area contributed by atoms with Crippen molar-refractivity contribution in [3.8, 4) is 0 Å². The van der Waals surface area contributed by atoms with E-state index < -0.39 is 47.1 Å². The number of rotatable bonds is 5. The van der Waals surface area contributed by atoms with E-state index in [1.807, 2.05) is 4.90 Å². The molecule has 2 saturated heterocycles. The maximum absolute atomic E-state index is 15.4. The molecule has 9 nitrogen and oxygen atoms in total. The van der Waals surface area contributed by atoms with Crippen molar-refractivity contribution in [3.63, 3.8) is 0 Å². The van der Waals surface area contributed by atoms with Crippen LogP contribution in [0.15, 0.2) is 42.5 Å². The molecule has 2 N–H and O–H groups in total. The molecule has 5 rings (SSSR count). The summed E-state index contributed by atoms with van der Waals surface area (Å²) in [7, 11) is 0. The quantitative estimate of drug-likeness (QED) is 0.595. The summed E-state index contributed by atoms with van der Waals surface area (Å²) in [5.41, 5.74) is -0.870. The highest BCUT2D eigenvalue weighted by atomic mass is 19.1. The second kappa shape index (κ2) is 9.38. The fourth-order valence-electron chi connectivity index (χ4n) is 4.98. The smallest absolute Gasteiger partial charge is 0.262 e. The number of hydrogen-bond acceptors (Lipinski definition) is 6. The number of imide groups is 2. The van der Waals surface area contributed by atoms with E-state index in [4.69, 9.17) is 0 Å². The van der Waals surface area contributed by atoms with Crippen LogP contribution in [0.2, 0.25) is 0 Å². The molecule has 5 amide bonds. The Bertz CT molecular complexity index is 1320. The van der Waals surface area contributed by atoms with E-state index >= 15 is 4.39 Å². The van der Waals surface area contributed by atoms with Gasteiger partial charge in [0.2, 0.25) is 11.8 Å². The molecule has 3 aliphatic heterocycles. The lowest BCUT2D eigenvalue weighted by Crippen LogP contribution is -2.54. The number of fused-ring (bicyclic) bond motifs is 1. The van der Waals surface area contributed by atoms with Crippen LogP contribution in [0, 0.1) is 5.82 Å². The van der Waals surface area contributed by atoms with Gasteiger partial charge in [-0.1, -0.05) is 12.1 Å². The second-order valence-electron chi connectivity index (χ2n) is 9.48. The molecule has 2 aromatic rings. The fourth-order valence-corrected chi connectivity index (χ4v) is 4.98. The van der Waals surface area contributed by atoms with Gasteiger partial charge in [-0.3, -0.25) is 34.2 Å². The lowest BCUT2D eigenvalue weighted by atomic mass is 9.92. The summed E-state index contributed by atoms with van der Waals surface area (Å²) < 4.78 is 29.2. The van der Waals surface area contributed by atoms with Crippen LogP contribution in [-0.2, 0) is 9.59 Å². The Labute approximate surface area is 210 Å². The number of carbonyl (C=O) groups is 5. The molecule has 11 heteroatoms. The maximum Gasteiger partial charge on any atom is 0.262 e. The molecule has 3 aliphatic rings. The van der Waals surface area contributed by atoms with Gasteiger partial charge in [-0.05, 0) is 36.8 Å². The first-order chi connectivity index (χ1) is 17.7. The van der Waals surface area contributed by atoms with Gasteiger partial charge in [0, 0.05) is 38.0 Å². The summed E-state index contributed by atoms with van der Waals surface area (Å²) in [6.45, 7) is 0.333. The summed E-state index contributed by atoms with van der Waals surface area (Å²) in [4.78, 5) is 64.6. The first-order valence-electron chi connectivity index (χ1n) is 12.0. The van der Waals surface area contributed by atoms with Crippen molar-refractivity contribution >= 4 is 35.2 Å². The van der Waals surface area contributed by atoms with Crippen LogP contribution >= 0.6 is 0 Å². The van der Waals surface area contributed by atoms with Gasteiger partial charge in [0.05, 0.1) is 23.2 Å². The van der Waals surface area contributed by atoms with E-state index in [9.17, 15) is 28.4 Å². The summed E-state index contributed by atoms with van der Waals surface area (Å²) in [5.74, 6) is -3.68. The molecule has 0 aromatic heterocycles. The van der Waals surface area contributed by atoms with Crippen molar-refractivity contribution in [2.75, 3.05) is 24.5 Å². The van der Waals surface area contributed by atoms with Gasteiger partial charge in [-0.15, -0.1) is 0 Å². The number of piperidine rings is 2. The molecule has 37 heavy (non-hydrogen) atoms. The molecule has 0 radical (unpaired) electrons. The van der Waals surface area contributed by atoms with Crippen molar-refractivity contribution in [1.82, 2.24) is 15.5 Å². The maximum atomic E-state index is 15.4. The molecule has 2 fully saturated rings. The van der Waals surface area contributed by atoms with E-state index in [0.29, 0.717) is 18.8 Å². The number of amides is 5. The molecule has 2 aromatic carbocycles. The predicted molar refractivity (Wildman–Crippen MR) is 127 cm³/mol. The number of nitrogens with zero attached hydrogens (tertiary/aromatic N) is 2. The normalized spacial score (nSPS) is 21.1. The van der Waals surface area contributed by atoms with Crippen LogP contribution in [-0.4, -0.2) is 65.8 Å². The Morgan fingerprint density at radius 1 is 1.03 bits per heavy atom. The summed E-state index contributed by atoms with van der Waals surface area (Å²) in [6.07, 6.45) is 0.295. The van der Waals surface area contributed by atoms with Crippen LogP contribution < -0.4 is 15.5 Å². The van der Waals surface area contributed by atoms with Gasteiger partial charge in [-0.25, -0.2) is 8.78 Å². The van der Waals surface area contributed by atoms with Crippen molar-refractivity contribution < 1.29 is 32.8 Å². The number of hydrogen-bond donors (Lipinski definition) is 2. The highest BCUT2D eigenvalue weighted by Crippen LogP contribution is 2.33. The van der Waals surface area contributed by atoms with Crippen LogP contribution in [0.4, 0.5) is 14.5 Å². The minimum absolute atomic E-state index is 0.0363. The molecule has 0 aliphatic carbocycles. The minimum atomic E-state index is -1.68. The van der Waals surface area contributed by atoms with Gasteiger partial charge < -0.3 is 10.2 Å². The topological polar surface area (TPSA) is 116 Å². The molecule has 1 unspecified atom stereocenters. The average Bonchev–Trinajstić information content (AvgIpc) is 3.13. The molecule has 0 spiro atoms. The zero-order valence-corrected chi connectivity index (χ0v) is 19.8.